The molecule has 0 heterocycles. The van der Waals surface area contributed by atoms with E-state index in [9.17, 15) is 18.0 Å². The molecule has 2 aromatic rings. The van der Waals surface area contributed by atoms with Crippen LogP contribution in [0.25, 0.3) is 0 Å². The van der Waals surface area contributed by atoms with Crippen LogP contribution < -0.4 is 9.62 Å². The van der Waals surface area contributed by atoms with Gasteiger partial charge in [0.15, 0.2) is 0 Å². The van der Waals surface area contributed by atoms with Gasteiger partial charge in [-0.05, 0) is 63.3 Å². The van der Waals surface area contributed by atoms with Crippen molar-refractivity contribution < 1.29 is 18.0 Å². The fraction of sp³-hybridized carbons (Fsp3) is 0.481. The predicted molar refractivity (Wildman–Crippen MR) is 147 cm³/mol. The number of hydrogen-bond acceptors (Lipinski definition) is 4. The van der Waals surface area contributed by atoms with E-state index in [1.807, 2.05) is 51.1 Å². The number of amides is 2. The fourth-order valence-electron chi connectivity index (χ4n) is 4.13. The van der Waals surface area contributed by atoms with Gasteiger partial charge in [-0.3, -0.25) is 13.9 Å². The lowest BCUT2D eigenvalue weighted by molar-refractivity contribution is -0.141. The van der Waals surface area contributed by atoms with Crippen molar-refractivity contribution in [1.82, 2.24) is 10.2 Å². The summed E-state index contributed by atoms with van der Waals surface area (Å²) < 4.78 is 26.4. The number of sulfonamides is 1. The first-order valence-corrected chi connectivity index (χ1v) is 14.5. The Hall–Kier alpha value is -2.58. The number of nitrogens with zero attached hydrogens (tertiary/aromatic N) is 2. The SMILES string of the molecule is CCC(C(=O)NC(C)C)N(CCc1ccccc1)C(=O)CCCN(c1cccc(Cl)c1C)S(C)(=O)=O. The van der Waals surface area contributed by atoms with Gasteiger partial charge in [-0.2, -0.15) is 0 Å². The molecule has 0 aliphatic rings. The van der Waals surface area contributed by atoms with Gasteiger partial charge < -0.3 is 10.2 Å². The van der Waals surface area contributed by atoms with E-state index >= 15 is 0 Å². The molecule has 198 valence electrons. The molecule has 2 rings (SSSR count). The van der Waals surface area contributed by atoms with Crippen LogP contribution in [0.2, 0.25) is 5.02 Å². The minimum Gasteiger partial charge on any atom is -0.352 e. The van der Waals surface area contributed by atoms with E-state index in [1.54, 1.807) is 30.0 Å². The Morgan fingerprint density at radius 1 is 1.03 bits per heavy atom. The van der Waals surface area contributed by atoms with Crippen LogP contribution in [-0.4, -0.2) is 56.6 Å². The standard InChI is InChI=1S/C27H38ClN3O4S/c1-6-24(27(33)29-20(2)3)30(19-17-22-12-8-7-9-13-22)26(32)16-11-18-31(36(5,34)35)25-15-10-14-23(28)21(25)4/h7-10,12-15,20,24H,6,11,16-19H2,1-5H3,(H,29,33). The number of carbonyl (C=O) groups excluding carboxylic acids is 2. The lowest BCUT2D eigenvalue weighted by atomic mass is 10.1. The molecule has 0 fully saturated rings. The number of benzene rings is 2. The van der Waals surface area contributed by atoms with Crippen molar-refractivity contribution in [3.8, 4) is 0 Å². The molecular formula is C27H38ClN3O4S. The highest BCUT2D eigenvalue weighted by Gasteiger charge is 2.29. The third-order valence-corrected chi connectivity index (χ3v) is 7.55. The monoisotopic (exact) mass is 535 g/mol. The second-order valence-electron chi connectivity index (χ2n) is 9.23. The van der Waals surface area contributed by atoms with Crippen LogP contribution in [0, 0.1) is 6.92 Å². The molecule has 1 atom stereocenters. The van der Waals surface area contributed by atoms with Crippen molar-refractivity contribution in [3.63, 3.8) is 0 Å². The Kier molecular flexibility index (Phi) is 11.2. The topological polar surface area (TPSA) is 86.8 Å². The van der Waals surface area contributed by atoms with Gasteiger partial charge in [0.05, 0.1) is 11.9 Å². The van der Waals surface area contributed by atoms with Gasteiger partial charge in [-0.25, -0.2) is 8.42 Å². The maximum atomic E-state index is 13.4. The Bertz CT molecular complexity index is 1120. The summed E-state index contributed by atoms with van der Waals surface area (Å²) in [6, 6.07) is 14.3. The predicted octanol–water partition coefficient (Wildman–Crippen LogP) is 4.57. The molecule has 2 aromatic carbocycles. The summed E-state index contributed by atoms with van der Waals surface area (Å²) in [5.74, 6) is -0.353. The van der Waals surface area contributed by atoms with Crippen LogP contribution >= 0.6 is 11.6 Å². The lowest BCUT2D eigenvalue weighted by Gasteiger charge is -2.31. The molecule has 0 spiro atoms. The molecule has 0 aliphatic heterocycles. The van der Waals surface area contributed by atoms with E-state index in [0.717, 1.165) is 11.8 Å². The maximum absolute atomic E-state index is 13.4. The molecule has 0 bridgehead atoms. The Labute approximate surface area is 220 Å². The summed E-state index contributed by atoms with van der Waals surface area (Å²) >= 11 is 6.22. The molecule has 1 N–H and O–H groups in total. The van der Waals surface area contributed by atoms with Gasteiger partial charge in [0.25, 0.3) is 0 Å². The molecule has 36 heavy (non-hydrogen) atoms. The number of halogens is 1. The van der Waals surface area contributed by atoms with E-state index in [4.69, 9.17) is 11.6 Å². The van der Waals surface area contributed by atoms with Crippen LogP contribution in [0.4, 0.5) is 5.69 Å². The van der Waals surface area contributed by atoms with E-state index in [-0.39, 0.29) is 30.8 Å². The Morgan fingerprint density at radius 2 is 1.69 bits per heavy atom. The first kappa shape index (κ1) is 29.6. The van der Waals surface area contributed by atoms with Gasteiger partial charge in [0.1, 0.15) is 6.04 Å². The number of anilines is 1. The van der Waals surface area contributed by atoms with E-state index in [0.29, 0.717) is 42.1 Å². The highest BCUT2D eigenvalue weighted by atomic mass is 35.5. The summed E-state index contributed by atoms with van der Waals surface area (Å²) in [4.78, 5) is 27.9. The van der Waals surface area contributed by atoms with Crippen molar-refractivity contribution in [1.29, 1.82) is 0 Å². The van der Waals surface area contributed by atoms with Crippen molar-refractivity contribution >= 4 is 39.1 Å². The fourth-order valence-corrected chi connectivity index (χ4v) is 5.31. The average molecular weight is 536 g/mol. The lowest BCUT2D eigenvalue weighted by Crippen LogP contribution is -2.51. The zero-order valence-electron chi connectivity index (χ0n) is 21.8. The molecule has 0 aliphatic carbocycles. The van der Waals surface area contributed by atoms with Crippen molar-refractivity contribution in [3.05, 3.63) is 64.7 Å². The number of rotatable bonds is 13. The summed E-state index contributed by atoms with van der Waals surface area (Å²) in [6.45, 7) is 7.96. The van der Waals surface area contributed by atoms with Crippen LogP contribution in [0.3, 0.4) is 0 Å². The van der Waals surface area contributed by atoms with Crippen LogP contribution in [0.5, 0.6) is 0 Å². The zero-order valence-corrected chi connectivity index (χ0v) is 23.4. The second kappa shape index (κ2) is 13.7. The first-order chi connectivity index (χ1) is 17.0. The third kappa shape index (κ3) is 8.52. The molecule has 1 unspecified atom stereocenters. The summed E-state index contributed by atoms with van der Waals surface area (Å²) in [5.41, 5.74) is 2.24. The van der Waals surface area contributed by atoms with E-state index < -0.39 is 16.1 Å². The molecule has 9 heteroatoms. The van der Waals surface area contributed by atoms with Gasteiger partial charge >= 0.3 is 0 Å². The minimum atomic E-state index is -3.58. The van der Waals surface area contributed by atoms with Crippen LogP contribution in [-0.2, 0) is 26.0 Å². The van der Waals surface area contributed by atoms with Gasteiger partial charge in [-0.15, -0.1) is 0 Å². The molecule has 0 saturated heterocycles. The molecule has 0 aromatic heterocycles. The van der Waals surface area contributed by atoms with Gasteiger partial charge in [0, 0.05) is 30.6 Å². The van der Waals surface area contributed by atoms with Gasteiger partial charge in [0.2, 0.25) is 21.8 Å². The maximum Gasteiger partial charge on any atom is 0.242 e. The molecule has 0 radical (unpaired) electrons. The molecule has 7 nitrogen and oxygen atoms in total. The summed E-state index contributed by atoms with van der Waals surface area (Å²) in [7, 11) is -3.58. The quantitative estimate of drug-likeness (QED) is 0.407. The number of nitrogens with one attached hydrogen (secondary N) is 1. The van der Waals surface area contributed by atoms with E-state index in [1.165, 1.54) is 4.31 Å². The smallest absolute Gasteiger partial charge is 0.242 e. The Balaban J connectivity index is 2.19. The second-order valence-corrected chi connectivity index (χ2v) is 11.5. The van der Waals surface area contributed by atoms with Crippen molar-refractivity contribution in [2.45, 2.75) is 65.5 Å². The third-order valence-electron chi connectivity index (χ3n) is 5.96. The number of carbonyl (C=O) groups is 2. The molecule has 2 amide bonds. The highest BCUT2D eigenvalue weighted by molar-refractivity contribution is 7.92. The summed E-state index contributed by atoms with van der Waals surface area (Å²) in [6.07, 6.45) is 2.67. The van der Waals surface area contributed by atoms with Crippen molar-refractivity contribution in [2.75, 3.05) is 23.7 Å². The van der Waals surface area contributed by atoms with E-state index in [2.05, 4.69) is 5.32 Å². The highest BCUT2D eigenvalue weighted by Crippen LogP contribution is 2.28. The van der Waals surface area contributed by atoms with Crippen LogP contribution in [0.1, 0.15) is 51.2 Å². The summed E-state index contributed by atoms with van der Waals surface area (Å²) in [5, 5.41) is 3.40. The first-order valence-electron chi connectivity index (χ1n) is 12.3. The number of hydrogen-bond donors (Lipinski definition) is 1. The largest absolute Gasteiger partial charge is 0.352 e. The average Bonchev–Trinajstić information content (AvgIpc) is 2.80. The zero-order chi connectivity index (χ0) is 26.9. The Morgan fingerprint density at radius 3 is 2.28 bits per heavy atom. The molecule has 0 saturated carbocycles. The minimum absolute atomic E-state index is 0.0399. The molecular weight excluding hydrogens is 498 g/mol. The van der Waals surface area contributed by atoms with Crippen LogP contribution in [0.15, 0.2) is 48.5 Å². The van der Waals surface area contributed by atoms with Gasteiger partial charge in [-0.1, -0.05) is 54.9 Å². The van der Waals surface area contributed by atoms with Crippen molar-refractivity contribution in [2.24, 2.45) is 0 Å². The normalized spacial score (nSPS) is 12.3.